The molecular formula is C20H19ClN4O. The van der Waals surface area contributed by atoms with Gasteiger partial charge in [0.1, 0.15) is 6.17 Å². The summed E-state index contributed by atoms with van der Waals surface area (Å²) in [6.45, 7) is 4.56. The average molecular weight is 367 g/mol. The van der Waals surface area contributed by atoms with Crippen LogP contribution in [0, 0.1) is 13.8 Å². The molecule has 26 heavy (non-hydrogen) atoms. The van der Waals surface area contributed by atoms with Crippen molar-refractivity contribution in [1.82, 2.24) is 15.1 Å². The maximum Gasteiger partial charge on any atom is 0.255 e. The molecule has 0 unspecified atom stereocenters. The number of hydrogen-bond donors (Lipinski definition) is 2. The van der Waals surface area contributed by atoms with E-state index in [1.54, 1.807) is 0 Å². The molecule has 0 saturated carbocycles. The van der Waals surface area contributed by atoms with E-state index >= 15 is 0 Å². The van der Waals surface area contributed by atoms with E-state index < -0.39 is 0 Å². The highest BCUT2D eigenvalue weighted by molar-refractivity contribution is 6.31. The predicted octanol–water partition coefficient (Wildman–Crippen LogP) is 4.06. The van der Waals surface area contributed by atoms with Crippen molar-refractivity contribution in [3.63, 3.8) is 0 Å². The van der Waals surface area contributed by atoms with E-state index in [0.29, 0.717) is 12.1 Å². The molecule has 1 amide bonds. The number of benzene rings is 2. The number of aromatic nitrogens is 2. The largest absolute Gasteiger partial charge is 0.361 e. The number of fused-ring (bicyclic) bond motifs is 1. The number of nitrogens with one attached hydrogen (secondary N) is 2. The normalized spacial score (nSPS) is 16.0. The first-order valence-corrected chi connectivity index (χ1v) is 8.86. The first-order valence-electron chi connectivity index (χ1n) is 8.48. The molecular weight excluding hydrogens is 348 g/mol. The van der Waals surface area contributed by atoms with Crippen LogP contribution in [0.4, 0.5) is 5.69 Å². The fourth-order valence-corrected chi connectivity index (χ4v) is 3.62. The quantitative estimate of drug-likeness (QED) is 0.735. The molecule has 0 fully saturated rings. The number of rotatable bonds is 3. The Balaban J connectivity index is 1.68. The van der Waals surface area contributed by atoms with Crippen LogP contribution in [0.25, 0.3) is 0 Å². The number of hydrogen-bond acceptors (Lipinski definition) is 3. The van der Waals surface area contributed by atoms with Gasteiger partial charge in [-0.2, -0.15) is 5.10 Å². The Labute approximate surface area is 157 Å². The average Bonchev–Trinajstić information content (AvgIpc) is 2.90. The van der Waals surface area contributed by atoms with Crippen molar-refractivity contribution in [1.29, 1.82) is 0 Å². The maximum atomic E-state index is 12.4. The first-order chi connectivity index (χ1) is 12.5. The molecule has 4 rings (SSSR count). The van der Waals surface area contributed by atoms with Gasteiger partial charge in [-0.05, 0) is 37.6 Å². The second kappa shape index (κ2) is 6.50. The van der Waals surface area contributed by atoms with E-state index in [-0.39, 0.29) is 12.1 Å². The smallest absolute Gasteiger partial charge is 0.255 e. The molecule has 0 bridgehead atoms. The second-order valence-electron chi connectivity index (χ2n) is 6.43. The monoisotopic (exact) mass is 366 g/mol. The minimum absolute atomic E-state index is 0.0815. The molecule has 0 spiro atoms. The molecule has 3 aromatic rings. The lowest BCUT2D eigenvalue weighted by Crippen LogP contribution is -2.39. The third-order valence-corrected chi connectivity index (χ3v) is 5.12. The molecule has 0 radical (unpaired) electrons. The molecule has 2 heterocycles. The SMILES string of the molecule is Cc1nn(Cc2ccccc2Cl)c(C)c1[C@@H]1NC(=O)c2ccccc2N1. The number of halogens is 1. The molecule has 0 saturated heterocycles. The van der Waals surface area contributed by atoms with Gasteiger partial charge in [-0.25, -0.2) is 0 Å². The summed E-state index contributed by atoms with van der Waals surface area (Å²) in [6.07, 6.45) is -0.308. The molecule has 1 atom stereocenters. The van der Waals surface area contributed by atoms with Crippen molar-refractivity contribution in [2.45, 2.75) is 26.6 Å². The van der Waals surface area contributed by atoms with Crippen LogP contribution >= 0.6 is 11.6 Å². The lowest BCUT2D eigenvalue weighted by Gasteiger charge is -2.28. The van der Waals surface area contributed by atoms with Gasteiger partial charge in [0.2, 0.25) is 0 Å². The second-order valence-corrected chi connectivity index (χ2v) is 6.84. The van der Waals surface area contributed by atoms with Crippen LogP contribution in [-0.4, -0.2) is 15.7 Å². The highest BCUT2D eigenvalue weighted by atomic mass is 35.5. The van der Waals surface area contributed by atoms with Gasteiger partial charge < -0.3 is 10.6 Å². The van der Waals surface area contributed by atoms with Crippen molar-refractivity contribution in [3.05, 3.63) is 81.6 Å². The Morgan fingerprint density at radius 3 is 2.62 bits per heavy atom. The molecule has 1 aromatic heterocycles. The van der Waals surface area contributed by atoms with Gasteiger partial charge >= 0.3 is 0 Å². The molecule has 1 aliphatic heterocycles. The molecule has 5 nitrogen and oxygen atoms in total. The highest BCUT2D eigenvalue weighted by Gasteiger charge is 2.28. The zero-order valence-corrected chi connectivity index (χ0v) is 15.3. The van der Waals surface area contributed by atoms with Crippen LogP contribution in [0.15, 0.2) is 48.5 Å². The summed E-state index contributed by atoms with van der Waals surface area (Å²) >= 11 is 6.29. The van der Waals surface area contributed by atoms with Crippen LogP contribution < -0.4 is 10.6 Å². The van der Waals surface area contributed by atoms with E-state index in [0.717, 1.165) is 33.2 Å². The third-order valence-electron chi connectivity index (χ3n) is 4.75. The van der Waals surface area contributed by atoms with Gasteiger partial charge in [-0.1, -0.05) is 41.9 Å². The van der Waals surface area contributed by atoms with E-state index in [1.165, 1.54) is 0 Å². The minimum Gasteiger partial charge on any atom is -0.361 e. The molecule has 132 valence electrons. The van der Waals surface area contributed by atoms with E-state index in [9.17, 15) is 4.79 Å². The number of aryl methyl sites for hydroxylation is 1. The van der Waals surface area contributed by atoms with Crippen LogP contribution in [0.5, 0.6) is 0 Å². The first kappa shape index (κ1) is 16.7. The van der Waals surface area contributed by atoms with Crippen molar-refractivity contribution < 1.29 is 4.79 Å². The summed E-state index contributed by atoms with van der Waals surface area (Å²) < 4.78 is 1.93. The standard InChI is InChI=1S/C20H19ClN4O/c1-12-18(19-22-17-10-6-4-8-15(17)20(26)23-19)13(2)25(24-12)11-14-7-3-5-9-16(14)21/h3-10,19,22H,11H2,1-2H3,(H,23,26)/t19-/m0/s1. The van der Waals surface area contributed by atoms with Crippen molar-refractivity contribution in [2.24, 2.45) is 0 Å². The number of amides is 1. The Morgan fingerprint density at radius 2 is 1.81 bits per heavy atom. The summed E-state index contributed by atoms with van der Waals surface area (Å²) in [4.78, 5) is 12.4. The number of carbonyl (C=O) groups excluding carboxylic acids is 1. The van der Waals surface area contributed by atoms with Crippen LogP contribution in [0.1, 0.15) is 39.0 Å². The molecule has 6 heteroatoms. The van der Waals surface area contributed by atoms with Crippen LogP contribution in [0.2, 0.25) is 5.02 Å². The Morgan fingerprint density at radius 1 is 1.08 bits per heavy atom. The lowest BCUT2D eigenvalue weighted by molar-refractivity contribution is 0.0935. The fraction of sp³-hybridized carbons (Fsp3) is 0.200. The van der Waals surface area contributed by atoms with Crippen molar-refractivity contribution in [2.75, 3.05) is 5.32 Å². The number of carbonyl (C=O) groups is 1. The maximum absolute atomic E-state index is 12.4. The number of anilines is 1. The van der Waals surface area contributed by atoms with Gasteiger partial charge in [-0.15, -0.1) is 0 Å². The van der Waals surface area contributed by atoms with Gasteiger partial charge in [0.15, 0.2) is 0 Å². The molecule has 2 N–H and O–H groups in total. The third kappa shape index (κ3) is 2.84. The van der Waals surface area contributed by atoms with Crippen molar-refractivity contribution in [3.8, 4) is 0 Å². The minimum atomic E-state index is -0.308. The summed E-state index contributed by atoms with van der Waals surface area (Å²) in [7, 11) is 0. The van der Waals surface area contributed by atoms with E-state index in [1.807, 2.05) is 67.1 Å². The Hall–Kier alpha value is -2.79. The van der Waals surface area contributed by atoms with Crippen LogP contribution in [0.3, 0.4) is 0 Å². The predicted molar refractivity (Wildman–Crippen MR) is 103 cm³/mol. The molecule has 1 aliphatic rings. The zero-order chi connectivity index (χ0) is 18.3. The lowest BCUT2D eigenvalue weighted by atomic mass is 10.0. The van der Waals surface area contributed by atoms with Crippen LogP contribution in [-0.2, 0) is 6.54 Å². The van der Waals surface area contributed by atoms with Crippen molar-refractivity contribution >= 4 is 23.2 Å². The Kier molecular flexibility index (Phi) is 4.17. The van der Waals surface area contributed by atoms with Gasteiger partial charge in [0.05, 0.1) is 17.8 Å². The van der Waals surface area contributed by atoms with Gasteiger partial charge in [0, 0.05) is 22.0 Å². The summed E-state index contributed by atoms with van der Waals surface area (Å²) in [6, 6.07) is 15.3. The summed E-state index contributed by atoms with van der Waals surface area (Å²) in [5.74, 6) is -0.0815. The number of para-hydroxylation sites is 1. The summed E-state index contributed by atoms with van der Waals surface area (Å²) in [5, 5.41) is 11.8. The van der Waals surface area contributed by atoms with Gasteiger partial charge in [-0.3, -0.25) is 9.48 Å². The van der Waals surface area contributed by atoms with Gasteiger partial charge in [0.25, 0.3) is 5.91 Å². The molecule has 0 aliphatic carbocycles. The highest BCUT2D eigenvalue weighted by Crippen LogP contribution is 2.30. The van der Waals surface area contributed by atoms with E-state index in [2.05, 4.69) is 15.7 Å². The zero-order valence-electron chi connectivity index (χ0n) is 14.6. The molecule has 2 aromatic carbocycles. The Bertz CT molecular complexity index is 995. The summed E-state index contributed by atoms with van der Waals surface area (Å²) in [5.41, 5.74) is 5.37. The number of nitrogens with zero attached hydrogens (tertiary/aromatic N) is 2. The van der Waals surface area contributed by atoms with E-state index in [4.69, 9.17) is 11.6 Å². The topological polar surface area (TPSA) is 59.0 Å². The fourth-order valence-electron chi connectivity index (χ4n) is 3.42.